The number of hydrogen-bond acceptors (Lipinski definition) is 4. The molecule has 0 N–H and O–H groups in total. The van der Waals surface area contributed by atoms with Crippen molar-refractivity contribution in [3.63, 3.8) is 0 Å². The van der Waals surface area contributed by atoms with E-state index >= 15 is 0 Å². The van der Waals surface area contributed by atoms with Crippen LogP contribution in [0.25, 0.3) is 0 Å². The van der Waals surface area contributed by atoms with Crippen molar-refractivity contribution in [3.05, 3.63) is 0 Å². The molecule has 0 heterocycles. The van der Waals surface area contributed by atoms with Crippen LogP contribution in [-0.2, 0) is 9.59 Å². The third kappa shape index (κ3) is 2.31. The summed E-state index contributed by atoms with van der Waals surface area (Å²) in [6.45, 7) is 4.14. The van der Waals surface area contributed by atoms with Gasteiger partial charge in [-0.2, -0.15) is 0 Å². The maximum Gasteiger partial charge on any atom is 0.235 e. The fourth-order valence-electron chi connectivity index (χ4n) is 4.66. The van der Waals surface area contributed by atoms with E-state index in [0.29, 0.717) is 5.92 Å². The van der Waals surface area contributed by atoms with Crippen LogP contribution in [0.4, 0.5) is 0 Å². The van der Waals surface area contributed by atoms with Gasteiger partial charge >= 0.3 is 0 Å². The molecule has 0 saturated heterocycles. The molecule has 4 nitrogen and oxygen atoms in total. The average Bonchev–Trinajstić information content (AvgIpc) is 3.00. The van der Waals surface area contributed by atoms with Crippen molar-refractivity contribution in [3.8, 4) is 0 Å². The van der Waals surface area contributed by atoms with E-state index in [4.69, 9.17) is 0 Å². The van der Waals surface area contributed by atoms with Gasteiger partial charge in [0.05, 0.1) is 12.1 Å². The maximum atomic E-state index is 10.7. The molecule has 2 saturated carbocycles. The van der Waals surface area contributed by atoms with Crippen LogP contribution < -0.4 is 0 Å². The van der Waals surface area contributed by atoms with Gasteiger partial charge < -0.3 is 0 Å². The van der Waals surface area contributed by atoms with Gasteiger partial charge in [0.1, 0.15) is 0 Å². The molecule has 4 heteroatoms. The van der Waals surface area contributed by atoms with E-state index in [1.165, 1.54) is 6.42 Å². The first-order valence-corrected chi connectivity index (χ1v) is 7.35. The Morgan fingerprint density at radius 2 is 1.95 bits per heavy atom. The molecule has 5 unspecified atom stereocenters. The van der Waals surface area contributed by atoms with E-state index < -0.39 is 0 Å². The molecule has 2 rings (SSSR count). The lowest BCUT2D eigenvalue weighted by atomic mass is 9.66. The topological polar surface area (TPSA) is 58.9 Å². The highest BCUT2D eigenvalue weighted by molar-refractivity contribution is 5.35. The molecule has 2 bridgehead atoms. The molecule has 0 aliphatic heterocycles. The summed E-state index contributed by atoms with van der Waals surface area (Å²) in [6, 6.07) is 0.0807. The van der Waals surface area contributed by atoms with Crippen LogP contribution in [-0.4, -0.2) is 24.2 Å². The Morgan fingerprint density at radius 3 is 2.47 bits per heavy atom. The van der Waals surface area contributed by atoms with Crippen molar-refractivity contribution in [2.24, 2.45) is 27.2 Å². The van der Waals surface area contributed by atoms with Crippen LogP contribution in [0.5, 0.6) is 0 Å². The predicted octanol–water partition coefficient (Wildman–Crippen LogP) is 3.02. The van der Waals surface area contributed by atoms with Crippen LogP contribution in [0.2, 0.25) is 0 Å². The Morgan fingerprint density at radius 1 is 1.21 bits per heavy atom. The zero-order chi connectivity index (χ0) is 13.9. The first kappa shape index (κ1) is 14.2. The quantitative estimate of drug-likeness (QED) is 0.545. The molecule has 104 valence electrons. The molecule has 2 aliphatic carbocycles. The lowest BCUT2D eigenvalue weighted by Gasteiger charge is -2.41. The summed E-state index contributed by atoms with van der Waals surface area (Å²) in [6.07, 6.45) is 9.78. The Balaban J connectivity index is 2.33. The van der Waals surface area contributed by atoms with Gasteiger partial charge in [-0.05, 0) is 55.8 Å². The largest absolute Gasteiger partial charge is 0.235 e. The van der Waals surface area contributed by atoms with Crippen LogP contribution >= 0.6 is 0 Å². The highest BCUT2D eigenvalue weighted by Crippen LogP contribution is 2.62. The molecule has 0 amide bonds. The SMILES string of the molecule is CCC(N=C=O)C1CC2CCC1(C(CC)N=C=O)C2. The zero-order valence-electron chi connectivity index (χ0n) is 11.8. The normalized spacial score (nSPS) is 35.3. The number of nitrogens with zero attached hydrogens (tertiary/aromatic N) is 2. The van der Waals surface area contributed by atoms with E-state index in [0.717, 1.165) is 38.0 Å². The van der Waals surface area contributed by atoms with Gasteiger partial charge in [0.2, 0.25) is 12.2 Å². The van der Waals surface area contributed by atoms with Gasteiger partial charge in [-0.15, -0.1) is 0 Å². The average molecular weight is 262 g/mol. The number of aliphatic imine (C=N–C) groups is 2. The standard InChI is InChI=1S/C15H22N2O2/c1-3-13(16-9-18)12-7-11-5-6-15(12,8-11)14(4-2)17-10-19/h11-14H,3-8H2,1-2H3. The third-order valence-corrected chi connectivity index (χ3v) is 5.37. The molecule has 2 fully saturated rings. The summed E-state index contributed by atoms with van der Waals surface area (Å²) in [5.41, 5.74) is 0.0673. The van der Waals surface area contributed by atoms with E-state index in [1.807, 2.05) is 0 Å². The second kappa shape index (κ2) is 5.81. The minimum Gasteiger partial charge on any atom is -0.211 e. The van der Waals surface area contributed by atoms with E-state index in [2.05, 4.69) is 23.8 Å². The fraction of sp³-hybridized carbons (Fsp3) is 0.867. The van der Waals surface area contributed by atoms with Crippen molar-refractivity contribution in [2.75, 3.05) is 0 Å². The van der Waals surface area contributed by atoms with E-state index in [1.54, 1.807) is 12.2 Å². The van der Waals surface area contributed by atoms with E-state index in [9.17, 15) is 9.59 Å². The zero-order valence-corrected chi connectivity index (χ0v) is 11.8. The van der Waals surface area contributed by atoms with Crippen LogP contribution in [0.3, 0.4) is 0 Å². The summed E-state index contributed by atoms with van der Waals surface area (Å²) in [7, 11) is 0. The molecule has 0 radical (unpaired) electrons. The third-order valence-electron chi connectivity index (χ3n) is 5.37. The number of fused-ring (bicyclic) bond motifs is 2. The van der Waals surface area contributed by atoms with Crippen molar-refractivity contribution >= 4 is 12.2 Å². The molecule has 0 aromatic carbocycles. The minimum absolute atomic E-state index is 0.0402. The molecular formula is C15H22N2O2. The van der Waals surface area contributed by atoms with E-state index in [-0.39, 0.29) is 17.5 Å². The van der Waals surface area contributed by atoms with Crippen LogP contribution in [0.15, 0.2) is 9.98 Å². The smallest absolute Gasteiger partial charge is 0.211 e. The Labute approximate surface area is 114 Å². The number of hydrogen-bond donors (Lipinski definition) is 0. The van der Waals surface area contributed by atoms with Gasteiger partial charge in [0.15, 0.2) is 0 Å². The summed E-state index contributed by atoms with van der Waals surface area (Å²) in [5.74, 6) is 1.09. The summed E-state index contributed by atoms with van der Waals surface area (Å²) < 4.78 is 0. The predicted molar refractivity (Wildman–Crippen MR) is 72.3 cm³/mol. The van der Waals surface area contributed by atoms with Gasteiger partial charge in [0, 0.05) is 0 Å². The van der Waals surface area contributed by atoms with Crippen molar-refractivity contribution in [2.45, 2.75) is 64.5 Å². The minimum atomic E-state index is 0.0402. The molecular weight excluding hydrogens is 240 g/mol. The van der Waals surface area contributed by atoms with Gasteiger partial charge in [-0.1, -0.05) is 13.8 Å². The lowest BCUT2D eigenvalue weighted by molar-refractivity contribution is 0.115. The van der Waals surface area contributed by atoms with Gasteiger partial charge in [-0.3, -0.25) is 0 Å². The highest BCUT2D eigenvalue weighted by atomic mass is 16.1. The van der Waals surface area contributed by atoms with Crippen molar-refractivity contribution < 1.29 is 9.59 Å². The number of carbonyl (C=O) groups excluding carboxylic acids is 2. The molecule has 0 aromatic heterocycles. The molecule has 0 spiro atoms. The Kier molecular flexibility index (Phi) is 4.34. The van der Waals surface area contributed by atoms with Crippen molar-refractivity contribution in [1.82, 2.24) is 0 Å². The highest BCUT2D eigenvalue weighted by Gasteiger charge is 2.57. The Hall–Kier alpha value is -1.24. The van der Waals surface area contributed by atoms with Gasteiger partial charge in [-0.25, -0.2) is 19.6 Å². The maximum absolute atomic E-state index is 10.7. The lowest BCUT2D eigenvalue weighted by Crippen LogP contribution is -2.41. The van der Waals surface area contributed by atoms with Crippen LogP contribution in [0.1, 0.15) is 52.4 Å². The summed E-state index contributed by atoms with van der Waals surface area (Å²) in [5, 5.41) is 0. The first-order valence-electron chi connectivity index (χ1n) is 7.35. The first-order chi connectivity index (χ1) is 9.21. The molecule has 0 aromatic rings. The monoisotopic (exact) mass is 262 g/mol. The van der Waals surface area contributed by atoms with Gasteiger partial charge in [0.25, 0.3) is 0 Å². The molecule has 2 aliphatic rings. The van der Waals surface area contributed by atoms with Crippen LogP contribution in [0, 0.1) is 17.3 Å². The Bertz CT molecular complexity index is 424. The van der Waals surface area contributed by atoms with Crippen molar-refractivity contribution in [1.29, 1.82) is 0 Å². The second-order valence-electron chi connectivity index (χ2n) is 6.02. The number of isocyanates is 2. The summed E-state index contributed by atoms with van der Waals surface area (Å²) in [4.78, 5) is 29.4. The number of rotatable bonds is 6. The summed E-state index contributed by atoms with van der Waals surface area (Å²) >= 11 is 0. The second-order valence-corrected chi connectivity index (χ2v) is 6.02. The molecule has 19 heavy (non-hydrogen) atoms. The fourth-order valence-corrected chi connectivity index (χ4v) is 4.66. The molecule has 5 atom stereocenters.